The number of alkyl halides is 1. The molecule has 3 heteroatoms. The van der Waals surface area contributed by atoms with E-state index in [2.05, 4.69) is 27.7 Å². The maximum Gasteiger partial charge on any atom is 0.119 e. The monoisotopic (exact) mass is 436 g/mol. The number of fused-ring (bicyclic) bond motifs is 3. The van der Waals surface area contributed by atoms with Crippen molar-refractivity contribution < 1.29 is 13.9 Å². The van der Waals surface area contributed by atoms with Gasteiger partial charge < -0.3 is 9.47 Å². The number of benzene rings is 1. The summed E-state index contributed by atoms with van der Waals surface area (Å²) in [6, 6.07) is 7.96. The van der Waals surface area contributed by atoms with Gasteiger partial charge in [0.15, 0.2) is 0 Å². The van der Waals surface area contributed by atoms with E-state index in [-0.39, 0.29) is 12.8 Å². The zero-order valence-electron chi connectivity index (χ0n) is 21.3. The molecule has 1 aromatic carbocycles. The number of aryl methyl sites for hydroxylation is 1. The Morgan fingerprint density at radius 2 is 1.48 bits per heavy atom. The van der Waals surface area contributed by atoms with Crippen LogP contribution in [0.15, 0.2) is 24.3 Å². The van der Waals surface area contributed by atoms with Crippen molar-refractivity contribution >= 4 is 0 Å². The predicted molar refractivity (Wildman–Crippen MR) is 132 cm³/mol. The van der Waals surface area contributed by atoms with E-state index in [0.717, 1.165) is 30.9 Å². The molecule has 3 aliphatic rings. The molecule has 3 saturated carbocycles. The van der Waals surface area contributed by atoms with Crippen molar-refractivity contribution in [2.24, 2.45) is 10.8 Å². The lowest BCUT2D eigenvalue weighted by Gasteiger charge is -2.54. The third kappa shape index (κ3) is 9.12. The Balaban J connectivity index is 0.000000409. The molecular formula is C28H49FO2. The molecular weight excluding hydrogens is 387 g/mol. The molecule has 0 aliphatic heterocycles. The Morgan fingerprint density at radius 1 is 0.903 bits per heavy atom. The van der Waals surface area contributed by atoms with Crippen LogP contribution in [-0.4, -0.2) is 26.0 Å². The van der Waals surface area contributed by atoms with E-state index >= 15 is 0 Å². The molecule has 3 aliphatic carbocycles. The van der Waals surface area contributed by atoms with Crippen molar-refractivity contribution in [3.63, 3.8) is 0 Å². The molecule has 0 heterocycles. The van der Waals surface area contributed by atoms with Gasteiger partial charge in [0.1, 0.15) is 11.9 Å². The highest BCUT2D eigenvalue weighted by atomic mass is 19.1. The average Bonchev–Trinajstić information content (AvgIpc) is 2.81. The summed E-state index contributed by atoms with van der Waals surface area (Å²) in [4.78, 5) is 0. The second-order valence-electron chi connectivity index (χ2n) is 9.48. The topological polar surface area (TPSA) is 18.5 Å². The molecule has 3 fully saturated rings. The van der Waals surface area contributed by atoms with E-state index in [9.17, 15) is 4.39 Å². The van der Waals surface area contributed by atoms with Crippen LogP contribution < -0.4 is 4.74 Å². The molecule has 0 spiro atoms. The number of hydrogen-bond acceptors (Lipinski definition) is 2. The first-order valence-corrected chi connectivity index (χ1v) is 12.9. The lowest BCUT2D eigenvalue weighted by atomic mass is 9.53. The summed E-state index contributed by atoms with van der Waals surface area (Å²) in [5.41, 5.74) is 2.03. The molecule has 2 nitrogen and oxygen atoms in total. The van der Waals surface area contributed by atoms with Crippen molar-refractivity contribution in [3.05, 3.63) is 29.8 Å². The van der Waals surface area contributed by atoms with E-state index in [1.807, 2.05) is 38.1 Å². The normalized spacial score (nSPS) is 25.0. The maximum absolute atomic E-state index is 12.3. The largest absolute Gasteiger partial charge is 0.490 e. The summed E-state index contributed by atoms with van der Waals surface area (Å²) < 4.78 is 23.8. The first-order chi connectivity index (χ1) is 15.0. The minimum atomic E-state index is -0.293. The molecule has 0 N–H and O–H groups in total. The fraction of sp³-hybridized carbons (Fsp3) is 0.786. The van der Waals surface area contributed by atoms with Crippen molar-refractivity contribution in [3.8, 4) is 5.75 Å². The van der Waals surface area contributed by atoms with Gasteiger partial charge in [0.2, 0.25) is 0 Å². The Labute approximate surface area is 192 Å². The number of halogens is 1. The summed E-state index contributed by atoms with van der Waals surface area (Å²) in [7, 11) is 0. The molecule has 0 amide bonds. The van der Waals surface area contributed by atoms with Crippen LogP contribution in [0.3, 0.4) is 0 Å². The van der Waals surface area contributed by atoms with E-state index in [1.165, 1.54) is 51.4 Å². The summed E-state index contributed by atoms with van der Waals surface area (Å²) in [6.07, 6.45) is 12.4. The minimum Gasteiger partial charge on any atom is -0.490 e. The second-order valence-corrected chi connectivity index (χ2v) is 9.48. The number of hydrogen-bond donors (Lipinski definition) is 0. The van der Waals surface area contributed by atoms with Gasteiger partial charge >= 0.3 is 0 Å². The van der Waals surface area contributed by atoms with E-state index in [0.29, 0.717) is 17.3 Å². The quantitative estimate of drug-likeness (QED) is 0.342. The standard InChI is InChI=1S/C19H27FO.C7H16O.C2H6/c1-15(19-11-8-18(2,9-12-19)10-13-19)21-17-5-3-16(4-6-17)7-14-20;1-3-5-7-8-6-4-2;1-2/h3-6,15H,7-14H2,1-2H3;3-7H2,1-2H3;1-2H3. The fourth-order valence-corrected chi connectivity index (χ4v) is 4.68. The van der Waals surface area contributed by atoms with Gasteiger partial charge in [-0.3, -0.25) is 4.39 Å². The zero-order chi connectivity index (χ0) is 23.2. The minimum absolute atomic E-state index is 0.273. The lowest BCUT2D eigenvalue weighted by Crippen LogP contribution is -2.47. The van der Waals surface area contributed by atoms with Gasteiger partial charge in [-0.15, -0.1) is 0 Å². The first-order valence-electron chi connectivity index (χ1n) is 12.9. The summed E-state index contributed by atoms with van der Waals surface area (Å²) in [5, 5.41) is 0. The summed E-state index contributed by atoms with van der Waals surface area (Å²) in [5.74, 6) is 0.929. The SMILES string of the molecule is CC.CC(Oc1ccc(CCF)cc1)C12CCC(C)(CC1)CC2.CCCCOCCC. The van der Waals surface area contributed by atoms with Gasteiger partial charge in [0.25, 0.3) is 0 Å². The molecule has 31 heavy (non-hydrogen) atoms. The fourth-order valence-electron chi connectivity index (χ4n) is 4.68. The first kappa shape index (κ1) is 27.9. The highest BCUT2D eigenvalue weighted by Gasteiger charge is 2.49. The van der Waals surface area contributed by atoms with Gasteiger partial charge in [-0.25, -0.2) is 0 Å². The van der Waals surface area contributed by atoms with E-state index in [4.69, 9.17) is 9.47 Å². The molecule has 0 aromatic heterocycles. The Kier molecular flexibility index (Phi) is 13.4. The third-order valence-corrected chi connectivity index (χ3v) is 7.15. The number of ether oxygens (including phenoxy) is 2. The van der Waals surface area contributed by atoms with Gasteiger partial charge in [0.05, 0.1) is 6.67 Å². The molecule has 0 radical (unpaired) electrons. The predicted octanol–water partition coefficient (Wildman–Crippen LogP) is 8.57. The third-order valence-electron chi connectivity index (χ3n) is 7.15. The second kappa shape index (κ2) is 14.9. The maximum atomic E-state index is 12.3. The van der Waals surface area contributed by atoms with Crippen LogP contribution in [-0.2, 0) is 11.2 Å². The van der Waals surface area contributed by atoms with Gasteiger partial charge in [-0.1, -0.05) is 53.2 Å². The molecule has 1 atom stereocenters. The Morgan fingerprint density at radius 3 is 1.97 bits per heavy atom. The van der Waals surface area contributed by atoms with Crippen LogP contribution in [0, 0.1) is 10.8 Å². The van der Waals surface area contributed by atoms with Crippen LogP contribution >= 0.6 is 0 Å². The van der Waals surface area contributed by atoms with Crippen molar-refractivity contribution in [2.45, 2.75) is 112 Å². The highest BCUT2D eigenvalue weighted by Crippen LogP contribution is 2.58. The van der Waals surface area contributed by atoms with Crippen LogP contribution in [0.25, 0.3) is 0 Å². The molecule has 1 aromatic rings. The van der Waals surface area contributed by atoms with Gasteiger partial charge in [0, 0.05) is 25.0 Å². The van der Waals surface area contributed by atoms with Crippen LogP contribution in [0.2, 0.25) is 0 Å². The molecule has 180 valence electrons. The zero-order valence-corrected chi connectivity index (χ0v) is 21.3. The van der Waals surface area contributed by atoms with E-state index in [1.54, 1.807) is 0 Å². The number of unbranched alkanes of at least 4 members (excludes halogenated alkanes) is 1. The molecule has 1 unspecified atom stereocenters. The molecule has 4 rings (SSSR count). The van der Waals surface area contributed by atoms with Gasteiger partial charge in [-0.05, 0) is 81.4 Å². The average molecular weight is 437 g/mol. The van der Waals surface area contributed by atoms with Crippen LogP contribution in [0.5, 0.6) is 5.75 Å². The van der Waals surface area contributed by atoms with E-state index < -0.39 is 0 Å². The Hall–Kier alpha value is -1.09. The summed E-state index contributed by atoms with van der Waals surface area (Å²) in [6.45, 7) is 14.6. The highest BCUT2D eigenvalue weighted by molar-refractivity contribution is 5.27. The Bertz CT molecular complexity index is 538. The lowest BCUT2D eigenvalue weighted by molar-refractivity contribution is -0.0644. The van der Waals surface area contributed by atoms with Crippen LogP contribution in [0.4, 0.5) is 4.39 Å². The smallest absolute Gasteiger partial charge is 0.119 e. The van der Waals surface area contributed by atoms with Crippen molar-refractivity contribution in [1.29, 1.82) is 0 Å². The van der Waals surface area contributed by atoms with Crippen molar-refractivity contribution in [2.75, 3.05) is 19.9 Å². The molecule has 2 bridgehead atoms. The van der Waals surface area contributed by atoms with Crippen LogP contribution in [0.1, 0.15) is 105 Å². The van der Waals surface area contributed by atoms with Crippen molar-refractivity contribution in [1.82, 2.24) is 0 Å². The van der Waals surface area contributed by atoms with Gasteiger partial charge in [-0.2, -0.15) is 0 Å². The number of rotatable bonds is 10. The molecule has 0 saturated heterocycles. The summed E-state index contributed by atoms with van der Waals surface area (Å²) >= 11 is 0.